The molecule has 3 rings (SSSR count). The minimum Gasteiger partial charge on any atom is -0.491 e. The van der Waals surface area contributed by atoms with Gasteiger partial charge in [0.25, 0.3) is 0 Å². The average molecular weight is 379 g/mol. The Morgan fingerprint density at radius 3 is 2.65 bits per heavy atom. The van der Waals surface area contributed by atoms with Crippen molar-refractivity contribution < 1.29 is 27.4 Å². The Balaban J connectivity index is 1.73. The van der Waals surface area contributed by atoms with E-state index in [-0.39, 0.29) is 17.9 Å². The van der Waals surface area contributed by atoms with E-state index in [1.165, 1.54) is 12.1 Å². The summed E-state index contributed by atoms with van der Waals surface area (Å²) in [4.78, 5) is 10.8. The number of sulfonamides is 1. The number of carbonyl (C=O) groups is 1. The summed E-state index contributed by atoms with van der Waals surface area (Å²) in [5.74, 6) is -0.762. The summed E-state index contributed by atoms with van der Waals surface area (Å²) in [6, 6.07) is 9.58. The molecule has 1 atom stereocenters. The van der Waals surface area contributed by atoms with Gasteiger partial charge in [-0.1, -0.05) is 18.2 Å². The van der Waals surface area contributed by atoms with E-state index in [9.17, 15) is 17.6 Å². The molecule has 8 heteroatoms. The third-order valence-corrected chi connectivity index (χ3v) is 5.66. The van der Waals surface area contributed by atoms with Gasteiger partial charge in [0.1, 0.15) is 18.2 Å². The van der Waals surface area contributed by atoms with Gasteiger partial charge in [-0.2, -0.15) is 0 Å². The Kier molecular flexibility index (Phi) is 5.24. The zero-order chi connectivity index (χ0) is 18.7. The standard InChI is InChI=1S/C18H18FNO5S/c19-14-5-7-16(8-6-14)26(23,24)20-15-10-13-3-1-2-12(4-9-17(21)22)18(13)25-11-15/h1-3,5-8,15,20H,4,9-11H2,(H,21,22). The number of hydrogen-bond donors (Lipinski definition) is 2. The third kappa shape index (κ3) is 4.20. The second-order valence-electron chi connectivity index (χ2n) is 6.09. The maximum Gasteiger partial charge on any atom is 0.303 e. The fourth-order valence-corrected chi connectivity index (χ4v) is 4.13. The highest BCUT2D eigenvalue weighted by molar-refractivity contribution is 7.89. The van der Waals surface area contributed by atoms with E-state index in [2.05, 4.69) is 4.72 Å². The van der Waals surface area contributed by atoms with E-state index in [1.807, 2.05) is 12.1 Å². The van der Waals surface area contributed by atoms with Crippen LogP contribution in [0.3, 0.4) is 0 Å². The number of carboxylic acid groups (broad SMARTS) is 1. The van der Waals surface area contributed by atoms with Gasteiger partial charge in [0.15, 0.2) is 0 Å². The number of para-hydroxylation sites is 1. The largest absolute Gasteiger partial charge is 0.491 e. The Bertz CT molecular complexity index is 912. The second kappa shape index (κ2) is 7.43. The van der Waals surface area contributed by atoms with E-state index in [1.54, 1.807) is 6.07 Å². The number of nitrogens with one attached hydrogen (secondary N) is 1. The van der Waals surface area contributed by atoms with Gasteiger partial charge in [-0.05, 0) is 48.2 Å². The average Bonchev–Trinajstić information content (AvgIpc) is 2.59. The third-order valence-electron chi connectivity index (χ3n) is 4.13. The lowest BCUT2D eigenvalue weighted by Gasteiger charge is -2.27. The van der Waals surface area contributed by atoms with Crippen molar-refractivity contribution in [2.75, 3.05) is 6.61 Å². The van der Waals surface area contributed by atoms with Crippen molar-refractivity contribution in [2.45, 2.75) is 30.2 Å². The molecule has 2 aromatic carbocycles. The molecule has 1 aliphatic rings. The first-order valence-corrected chi connectivity index (χ1v) is 9.57. The summed E-state index contributed by atoms with van der Waals surface area (Å²) in [5, 5.41) is 8.83. The number of fused-ring (bicyclic) bond motifs is 1. The summed E-state index contributed by atoms with van der Waals surface area (Å²) >= 11 is 0. The molecule has 2 aromatic rings. The number of aliphatic carboxylic acids is 1. The number of ether oxygens (including phenoxy) is 1. The second-order valence-corrected chi connectivity index (χ2v) is 7.80. The molecule has 0 radical (unpaired) electrons. The van der Waals surface area contributed by atoms with Crippen LogP contribution in [0.1, 0.15) is 17.5 Å². The lowest BCUT2D eigenvalue weighted by atomic mass is 9.98. The lowest BCUT2D eigenvalue weighted by Crippen LogP contribution is -2.42. The van der Waals surface area contributed by atoms with Gasteiger partial charge < -0.3 is 9.84 Å². The number of hydrogen-bond acceptors (Lipinski definition) is 4. The van der Waals surface area contributed by atoms with Gasteiger partial charge in [-0.15, -0.1) is 0 Å². The number of aryl methyl sites for hydroxylation is 1. The molecular formula is C18H18FNO5S. The fourth-order valence-electron chi connectivity index (χ4n) is 2.91. The highest BCUT2D eigenvalue weighted by Gasteiger charge is 2.26. The zero-order valence-electron chi connectivity index (χ0n) is 13.8. The van der Waals surface area contributed by atoms with Crippen LogP contribution in [0.5, 0.6) is 5.75 Å². The molecule has 0 amide bonds. The summed E-state index contributed by atoms with van der Waals surface area (Å²) in [6.07, 6.45) is 0.779. The van der Waals surface area contributed by atoms with E-state index in [0.29, 0.717) is 18.6 Å². The highest BCUT2D eigenvalue weighted by atomic mass is 32.2. The smallest absolute Gasteiger partial charge is 0.303 e. The topological polar surface area (TPSA) is 92.7 Å². The van der Waals surface area contributed by atoms with Crippen LogP contribution in [0.25, 0.3) is 0 Å². The molecule has 1 heterocycles. The van der Waals surface area contributed by atoms with Gasteiger partial charge in [0.2, 0.25) is 10.0 Å². The summed E-state index contributed by atoms with van der Waals surface area (Å²) in [6.45, 7) is 0.136. The van der Waals surface area contributed by atoms with Crippen LogP contribution < -0.4 is 9.46 Å². The number of benzene rings is 2. The number of carboxylic acids is 1. The summed E-state index contributed by atoms with van der Waals surface area (Å²) in [7, 11) is -3.79. The van der Waals surface area contributed by atoms with Crippen molar-refractivity contribution in [1.29, 1.82) is 0 Å². The molecule has 0 aromatic heterocycles. The van der Waals surface area contributed by atoms with Crippen LogP contribution in [0.4, 0.5) is 4.39 Å². The highest BCUT2D eigenvalue weighted by Crippen LogP contribution is 2.30. The fraction of sp³-hybridized carbons (Fsp3) is 0.278. The molecule has 138 valence electrons. The van der Waals surface area contributed by atoms with Crippen molar-refractivity contribution in [3.05, 3.63) is 59.4 Å². The normalized spacial score (nSPS) is 16.6. The first-order chi connectivity index (χ1) is 12.3. The lowest BCUT2D eigenvalue weighted by molar-refractivity contribution is -0.136. The molecular weight excluding hydrogens is 361 g/mol. The molecule has 0 saturated heterocycles. The van der Waals surface area contributed by atoms with Gasteiger partial charge in [0, 0.05) is 6.42 Å². The molecule has 0 saturated carbocycles. The van der Waals surface area contributed by atoms with Crippen LogP contribution in [-0.4, -0.2) is 32.1 Å². The molecule has 0 spiro atoms. The van der Waals surface area contributed by atoms with Crippen LogP contribution in [-0.2, 0) is 27.7 Å². The van der Waals surface area contributed by atoms with Gasteiger partial charge in [-0.3, -0.25) is 4.79 Å². The molecule has 1 aliphatic heterocycles. The SMILES string of the molecule is O=C(O)CCc1cccc2c1OCC(NS(=O)(=O)c1ccc(F)cc1)C2. The van der Waals surface area contributed by atoms with Crippen LogP contribution in [0.15, 0.2) is 47.4 Å². The molecule has 0 fully saturated rings. The van der Waals surface area contributed by atoms with Gasteiger partial charge in [0.05, 0.1) is 10.9 Å². The van der Waals surface area contributed by atoms with Crippen molar-refractivity contribution in [1.82, 2.24) is 4.72 Å². The Hall–Kier alpha value is -2.45. The zero-order valence-corrected chi connectivity index (χ0v) is 14.6. The van der Waals surface area contributed by atoms with Crippen molar-refractivity contribution >= 4 is 16.0 Å². The molecule has 2 N–H and O–H groups in total. The van der Waals surface area contributed by atoms with Crippen molar-refractivity contribution in [3.63, 3.8) is 0 Å². The van der Waals surface area contributed by atoms with E-state index in [4.69, 9.17) is 9.84 Å². The monoisotopic (exact) mass is 379 g/mol. The van der Waals surface area contributed by atoms with E-state index in [0.717, 1.165) is 23.3 Å². The Labute approximate surface area is 150 Å². The minimum atomic E-state index is -3.79. The number of rotatable bonds is 6. The maximum absolute atomic E-state index is 13.0. The van der Waals surface area contributed by atoms with E-state index < -0.39 is 27.9 Å². The van der Waals surface area contributed by atoms with Crippen molar-refractivity contribution in [3.8, 4) is 5.75 Å². The van der Waals surface area contributed by atoms with Gasteiger partial charge >= 0.3 is 5.97 Å². The van der Waals surface area contributed by atoms with Crippen molar-refractivity contribution in [2.24, 2.45) is 0 Å². The predicted octanol–water partition coefficient (Wildman–Crippen LogP) is 2.12. The van der Waals surface area contributed by atoms with Crippen LogP contribution >= 0.6 is 0 Å². The minimum absolute atomic E-state index is 0.000434. The molecule has 0 aliphatic carbocycles. The molecule has 6 nitrogen and oxygen atoms in total. The van der Waals surface area contributed by atoms with Gasteiger partial charge in [-0.25, -0.2) is 17.5 Å². The molecule has 0 bridgehead atoms. The number of halogens is 1. The first-order valence-electron chi connectivity index (χ1n) is 8.08. The molecule has 26 heavy (non-hydrogen) atoms. The predicted molar refractivity (Wildman–Crippen MR) is 92.1 cm³/mol. The Morgan fingerprint density at radius 2 is 1.96 bits per heavy atom. The summed E-state index contributed by atoms with van der Waals surface area (Å²) in [5.41, 5.74) is 1.62. The Morgan fingerprint density at radius 1 is 1.23 bits per heavy atom. The first kappa shape index (κ1) is 18.3. The molecule has 1 unspecified atom stereocenters. The van der Waals surface area contributed by atoms with E-state index >= 15 is 0 Å². The van der Waals surface area contributed by atoms with Crippen LogP contribution in [0, 0.1) is 5.82 Å². The summed E-state index contributed by atoms with van der Waals surface area (Å²) < 4.78 is 46.1. The maximum atomic E-state index is 13.0. The quantitative estimate of drug-likeness (QED) is 0.802. The van der Waals surface area contributed by atoms with Crippen LogP contribution in [0.2, 0.25) is 0 Å².